The second kappa shape index (κ2) is 8.06. The molecule has 23 heavy (non-hydrogen) atoms. The van der Waals surface area contributed by atoms with Crippen LogP contribution < -0.4 is 10.6 Å². The highest BCUT2D eigenvalue weighted by Gasteiger charge is 2.17. The first kappa shape index (κ1) is 18.1. The van der Waals surface area contributed by atoms with Gasteiger partial charge < -0.3 is 10.1 Å². The maximum absolute atomic E-state index is 11.7. The van der Waals surface area contributed by atoms with Gasteiger partial charge in [0.1, 0.15) is 5.60 Å². The third-order valence-corrected chi connectivity index (χ3v) is 5.02. The van der Waals surface area contributed by atoms with Crippen LogP contribution >= 0.6 is 11.8 Å². The number of anilines is 1. The van der Waals surface area contributed by atoms with E-state index in [4.69, 9.17) is 4.74 Å². The minimum Gasteiger partial charge on any atom is -0.444 e. The third kappa shape index (κ3) is 6.43. The molecule has 1 aliphatic heterocycles. The molecular weight excluding hydrogens is 308 g/mol. The number of rotatable bonds is 5. The second-order valence-corrected chi connectivity index (χ2v) is 8.26. The van der Waals surface area contributed by atoms with Crippen molar-refractivity contribution in [3.05, 3.63) is 29.8 Å². The fourth-order valence-corrected chi connectivity index (χ4v) is 3.77. The van der Waals surface area contributed by atoms with Gasteiger partial charge in [-0.05, 0) is 75.8 Å². The monoisotopic (exact) mass is 336 g/mol. The molecule has 1 aliphatic rings. The fourth-order valence-electron chi connectivity index (χ4n) is 2.48. The molecule has 1 aromatic rings. The molecule has 5 heteroatoms. The molecule has 0 aromatic heterocycles. The van der Waals surface area contributed by atoms with Crippen molar-refractivity contribution in [3.8, 4) is 0 Å². The molecule has 0 bridgehead atoms. The molecule has 2 rings (SSSR count). The van der Waals surface area contributed by atoms with Crippen LogP contribution in [0.15, 0.2) is 24.3 Å². The highest BCUT2D eigenvalue weighted by molar-refractivity contribution is 7.99. The standard InChI is InChI=1S/C18H28N2O2S/c1-13(19-11-14-9-10-23-12-14)15-5-7-16(8-6-15)20-17(21)22-18(2,3)4/h5-8,13-14,19H,9-12H2,1-4H3,(H,20,21). The van der Waals surface area contributed by atoms with E-state index in [9.17, 15) is 4.79 Å². The predicted molar refractivity (Wildman–Crippen MR) is 98.1 cm³/mol. The molecule has 1 fully saturated rings. The van der Waals surface area contributed by atoms with Crippen LogP contribution in [0.2, 0.25) is 0 Å². The van der Waals surface area contributed by atoms with Crippen molar-refractivity contribution in [1.82, 2.24) is 5.32 Å². The zero-order valence-electron chi connectivity index (χ0n) is 14.5. The molecule has 2 N–H and O–H groups in total. The van der Waals surface area contributed by atoms with Crippen molar-refractivity contribution in [2.45, 2.75) is 45.8 Å². The van der Waals surface area contributed by atoms with Crippen LogP contribution in [0, 0.1) is 5.92 Å². The summed E-state index contributed by atoms with van der Waals surface area (Å²) in [6, 6.07) is 8.25. The number of carbonyl (C=O) groups is 1. The molecule has 128 valence electrons. The number of benzene rings is 1. The summed E-state index contributed by atoms with van der Waals surface area (Å²) in [5.41, 5.74) is 1.49. The second-order valence-electron chi connectivity index (χ2n) is 7.11. The van der Waals surface area contributed by atoms with Crippen LogP contribution in [0.3, 0.4) is 0 Å². The summed E-state index contributed by atoms with van der Waals surface area (Å²) in [5.74, 6) is 3.38. The zero-order valence-corrected chi connectivity index (χ0v) is 15.3. The molecule has 0 spiro atoms. The Morgan fingerprint density at radius 3 is 2.61 bits per heavy atom. The quantitative estimate of drug-likeness (QED) is 0.835. The summed E-state index contributed by atoms with van der Waals surface area (Å²) in [6.07, 6.45) is 0.901. The number of ether oxygens (including phenoxy) is 1. The molecule has 0 radical (unpaired) electrons. The summed E-state index contributed by atoms with van der Waals surface area (Å²) < 4.78 is 5.25. The molecular formula is C18H28N2O2S. The van der Waals surface area contributed by atoms with E-state index in [2.05, 4.69) is 17.6 Å². The molecule has 2 unspecified atom stereocenters. The average Bonchev–Trinajstić information content (AvgIpc) is 2.96. The molecule has 1 amide bonds. The van der Waals surface area contributed by atoms with Gasteiger partial charge in [-0.25, -0.2) is 4.79 Å². The maximum atomic E-state index is 11.7. The molecule has 1 aromatic carbocycles. The first-order chi connectivity index (χ1) is 10.8. The summed E-state index contributed by atoms with van der Waals surface area (Å²) in [7, 11) is 0. The van der Waals surface area contributed by atoms with Crippen molar-refractivity contribution in [2.75, 3.05) is 23.4 Å². The Morgan fingerprint density at radius 2 is 2.04 bits per heavy atom. The Morgan fingerprint density at radius 1 is 1.35 bits per heavy atom. The van der Waals surface area contributed by atoms with Gasteiger partial charge in [0.15, 0.2) is 0 Å². The van der Waals surface area contributed by atoms with E-state index in [1.807, 2.05) is 56.8 Å². The minimum absolute atomic E-state index is 0.316. The van der Waals surface area contributed by atoms with Gasteiger partial charge in [-0.15, -0.1) is 0 Å². The topological polar surface area (TPSA) is 50.4 Å². The van der Waals surface area contributed by atoms with Gasteiger partial charge in [-0.3, -0.25) is 5.32 Å². The lowest BCUT2D eigenvalue weighted by Crippen LogP contribution is -2.27. The summed E-state index contributed by atoms with van der Waals surface area (Å²) in [6.45, 7) is 8.81. The zero-order chi connectivity index (χ0) is 16.9. The lowest BCUT2D eigenvalue weighted by Gasteiger charge is -2.20. The van der Waals surface area contributed by atoms with Crippen LogP contribution in [-0.2, 0) is 4.74 Å². The summed E-state index contributed by atoms with van der Waals surface area (Å²) in [5, 5.41) is 6.36. The predicted octanol–water partition coefficient (Wildman–Crippen LogP) is 4.44. The highest BCUT2D eigenvalue weighted by atomic mass is 32.2. The van der Waals surface area contributed by atoms with E-state index < -0.39 is 11.7 Å². The van der Waals surface area contributed by atoms with Crippen molar-refractivity contribution in [2.24, 2.45) is 5.92 Å². The van der Waals surface area contributed by atoms with E-state index in [0.717, 1.165) is 18.2 Å². The average molecular weight is 337 g/mol. The Bertz CT molecular complexity index is 505. The van der Waals surface area contributed by atoms with Crippen LogP contribution in [0.4, 0.5) is 10.5 Å². The van der Waals surface area contributed by atoms with Gasteiger partial charge in [0.05, 0.1) is 0 Å². The molecule has 4 nitrogen and oxygen atoms in total. The van der Waals surface area contributed by atoms with Crippen molar-refractivity contribution in [3.63, 3.8) is 0 Å². The molecule has 1 heterocycles. The third-order valence-electron chi connectivity index (χ3n) is 3.79. The van der Waals surface area contributed by atoms with Crippen LogP contribution in [0.25, 0.3) is 0 Å². The van der Waals surface area contributed by atoms with E-state index >= 15 is 0 Å². The van der Waals surface area contributed by atoms with Gasteiger partial charge in [-0.2, -0.15) is 11.8 Å². The number of hydrogen-bond acceptors (Lipinski definition) is 4. The Balaban J connectivity index is 1.82. The Hall–Kier alpha value is -1.20. The Kier molecular flexibility index (Phi) is 6.36. The number of hydrogen-bond donors (Lipinski definition) is 2. The molecule has 1 saturated heterocycles. The van der Waals surface area contributed by atoms with E-state index in [1.54, 1.807) is 0 Å². The summed E-state index contributed by atoms with van der Waals surface area (Å²) in [4.78, 5) is 11.7. The first-order valence-electron chi connectivity index (χ1n) is 8.24. The van der Waals surface area contributed by atoms with Gasteiger partial charge in [0.25, 0.3) is 0 Å². The number of carbonyl (C=O) groups excluding carboxylic acids is 1. The van der Waals surface area contributed by atoms with Crippen LogP contribution in [0.1, 0.15) is 45.7 Å². The van der Waals surface area contributed by atoms with Gasteiger partial charge in [-0.1, -0.05) is 12.1 Å². The maximum Gasteiger partial charge on any atom is 0.412 e. The number of amides is 1. The first-order valence-corrected chi connectivity index (χ1v) is 9.40. The highest BCUT2D eigenvalue weighted by Crippen LogP contribution is 2.24. The normalized spacial score (nSPS) is 19.4. The van der Waals surface area contributed by atoms with Gasteiger partial charge in [0, 0.05) is 11.7 Å². The lowest BCUT2D eigenvalue weighted by atomic mass is 10.1. The van der Waals surface area contributed by atoms with E-state index in [1.165, 1.54) is 23.5 Å². The van der Waals surface area contributed by atoms with Crippen molar-refractivity contribution in [1.29, 1.82) is 0 Å². The lowest BCUT2D eigenvalue weighted by molar-refractivity contribution is 0.0636. The number of thioether (sulfide) groups is 1. The van der Waals surface area contributed by atoms with Crippen LogP contribution in [-0.4, -0.2) is 29.7 Å². The largest absolute Gasteiger partial charge is 0.444 e. The van der Waals surface area contributed by atoms with E-state index in [0.29, 0.717) is 6.04 Å². The molecule has 0 aliphatic carbocycles. The van der Waals surface area contributed by atoms with Crippen molar-refractivity contribution >= 4 is 23.5 Å². The molecule has 2 atom stereocenters. The SMILES string of the molecule is CC(NCC1CCSC1)c1ccc(NC(=O)OC(C)(C)C)cc1. The van der Waals surface area contributed by atoms with Crippen molar-refractivity contribution < 1.29 is 9.53 Å². The Labute approximate surface area is 143 Å². The van der Waals surface area contributed by atoms with Gasteiger partial charge in [0.2, 0.25) is 0 Å². The number of nitrogens with one attached hydrogen (secondary N) is 2. The molecule has 0 saturated carbocycles. The summed E-state index contributed by atoms with van der Waals surface area (Å²) >= 11 is 2.05. The van der Waals surface area contributed by atoms with Gasteiger partial charge >= 0.3 is 6.09 Å². The van der Waals surface area contributed by atoms with Crippen LogP contribution in [0.5, 0.6) is 0 Å². The smallest absolute Gasteiger partial charge is 0.412 e. The van der Waals surface area contributed by atoms with E-state index in [-0.39, 0.29) is 0 Å². The fraction of sp³-hybridized carbons (Fsp3) is 0.611. The minimum atomic E-state index is -0.485.